The monoisotopic (exact) mass is 428 g/mol. The van der Waals surface area contributed by atoms with Crippen molar-refractivity contribution in [2.24, 2.45) is 0 Å². The van der Waals surface area contributed by atoms with Gasteiger partial charge in [0.25, 0.3) is 11.8 Å². The Labute approximate surface area is 179 Å². The predicted molar refractivity (Wildman–Crippen MR) is 111 cm³/mol. The van der Waals surface area contributed by atoms with Gasteiger partial charge in [0.15, 0.2) is 11.5 Å². The minimum absolute atomic E-state index is 0.0130. The van der Waals surface area contributed by atoms with Gasteiger partial charge in [0, 0.05) is 30.1 Å². The number of hydrogen-bond donors (Lipinski definition) is 0. The molecule has 1 aromatic heterocycles. The lowest BCUT2D eigenvalue weighted by Gasteiger charge is -2.47. The lowest BCUT2D eigenvalue weighted by molar-refractivity contribution is -0.123. The van der Waals surface area contributed by atoms with E-state index in [0.717, 1.165) is 22.6 Å². The smallest absolute Gasteiger partial charge is 0.264 e. The molecule has 1 spiro atoms. The van der Waals surface area contributed by atoms with Crippen molar-refractivity contribution >= 4 is 23.2 Å². The first-order valence-corrected chi connectivity index (χ1v) is 11.0. The van der Waals surface area contributed by atoms with Gasteiger partial charge in [0.2, 0.25) is 6.79 Å². The number of carbonyl (C=O) groups is 2. The number of hydrogen-bond acceptors (Lipinski definition) is 6. The van der Waals surface area contributed by atoms with Crippen LogP contribution >= 0.6 is 11.3 Å². The highest BCUT2D eigenvalue weighted by atomic mass is 32.1. The van der Waals surface area contributed by atoms with Crippen LogP contribution < -0.4 is 9.47 Å². The van der Waals surface area contributed by atoms with Gasteiger partial charge < -0.3 is 24.0 Å². The van der Waals surface area contributed by atoms with Crippen molar-refractivity contribution in [3.8, 4) is 11.5 Å². The number of benzene rings is 1. The largest absolute Gasteiger partial charge is 0.454 e. The second-order valence-electron chi connectivity index (χ2n) is 8.03. The summed E-state index contributed by atoms with van der Waals surface area (Å²) in [5.74, 6) is 1.35. The maximum Gasteiger partial charge on any atom is 0.264 e. The van der Waals surface area contributed by atoms with Crippen LogP contribution in [-0.2, 0) is 4.74 Å². The van der Waals surface area contributed by atoms with Crippen LogP contribution in [0.1, 0.15) is 37.7 Å². The normalized spacial score (nSPS) is 19.9. The van der Waals surface area contributed by atoms with Gasteiger partial charge >= 0.3 is 0 Å². The van der Waals surface area contributed by atoms with Crippen LogP contribution in [0.15, 0.2) is 30.3 Å². The van der Waals surface area contributed by atoms with Crippen molar-refractivity contribution in [1.82, 2.24) is 9.80 Å². The molecule has 1 aromatic carbocycles. The molecular weight excluding hydrogens is 404 g/mol. The molecule has 8 heteroatoms. The van der Waals surface area contributed by atoms with Gasteiger partial charge in [-0.3, -0.25) is 9.59 Å². The molecule has 0 saturated carbocycles. The zero-order valence-corrected chi connectivity index (χ0v) is 17.7. The number of thiophene rings is 1. The van der Waals surface area contributed by atoms with Crippen molar-refractivity contribution in [1.29, 1.82) is 0 Å². The maximum absolute atomic E-state index is 13.0. The number of aryl methyl sites for hydroxylation is 1. The van der Waals surface area contributed by atoms with E-state index in [9.17, 15) is 9.59 Å². The minimum Gasteiger partial charge on any atom is -0.454 e. The standard InChI is InChI=1S/C22H24N2O5S/c1-15-2-5-19(30-15)21(26)24-10-11-29-22(13-24)6-8-23(9-7-22)20(25)16-3-4-17-18(12-16)28-14-27-17/h2-5,12H,6-11,13-14H2,1H3. The second-order valence-corrected chi connectivity index (χ2v) is 9.32. The summed E-state index contributed by atoms with van der Waals surface area (Å²) >= 11 is 1.53. The van der Waals surface area contributed by atoms with Crippen LogP contribution in [0.5, 0.6) is 11.5 Å². The minimum atomic E-state index is -0.369. The van der Waals surface area contributed by atoms with E-state index < -0.39 is 0 Å². The summed E-state index contributed by atoms with van der Waals surface area (Å²) < 4.78 is 16.9. The van der Waals surface area contributed by atoms with Gasteiger partial charge in [-0.25, -0.2) is 0 Å². The Kier molecular flexibility index (Phi) is 4.91. The number of morpholine rings is 1. The van der Waals surface area contributed by atoms with E-state index in [1.54, 1.807) is 18.2 Å². The fourth-order valence-corrected chi connectivity index (χ4v) is 5.19. The second kappa shape index (κ2) is 7.59. The van der Waals surface area contributed by atoms with Crippen LogP contribution in [0, 0.1) is 6.92 Å². The van der Waals surface area contributed by atoms with Crippen molar-refractivity contribution < 1.29 is 23.8 Å². The van der Waals surface area contributed by atoms with E-state index in [4.69, 9.17) is 14.2 Å². The van der Waals surface area contributed by atoms with Gasteiger partial charge in [-0.1, -0.05) is 0 Å². The Hall–Kier alpha value is -2.58. The number of piperidine rings is 1. The number of amides is 2. The number of fused-ring (bicyclic) bond motifs is 1. The molecule has 0 unspecified atom stereocenters. The molecule has 2 amide bonds. The molecule has 30 heavy (non-hydrogen) atoms. The average Bonchev–Trinajstić information content (AvgIpc) is 3.41. The molecule has 0 aliphatic carbocycles. The summed E-state index contributed by atoms with van der Waals surface area (Å²) in [6.07, 6.45) is 1.44. The van der Waals surface area contributed by atoms with Crippen LogP contribution in [0.4, 0.5) is 0 Å². The molecule has 2 saturated heterocycles. The topological polar surface area (TPSA) is 68.3 Å². The summed E-state index contributed by atoms with van der Waals surface area (Å²) in [6, 6.07) is 9.18. The first-order chi connectivity index (χ1) is 14.5. The van der Waals surface area contributed by atoms with Gasteiger partial charge in [0.05, 0.1) is 23.6 Å². The van der Waals surface area contributed by atoms with Crippen LogP contribution in [0.3, 0.4) is 0 Å². The van der Waals surface area contributed by atoms with Gasteiger partial charge in [0.1, 0.15) is 0 Å². The van der Waals surface area contributed by atoms with E-state index in [-0.39, 0.29) is 24.2 Å². The molecule has 158 valence electrons. The van der Waals surface area contributed by atoms with E-state index in [1.165, 1.54) is 11.3 Å². The van der Waals surface area contributed by atoms with Crippen LogP contribution in [0.2, 0.25) is 0 Å². The fraction of sp³-hybridized carbons (Fsp3) is 0.455. The van der Waals surface area contributed by atoms with E-state index >= 15 is 0 Å². The molecular formula is C22H24N2O5S. The highest BCUT2D eigenvalue weighted by Crippen LogP contribution is 2.35. The summed E-state index contributed by atoms with van der Waals surface area (Å²) in [6.45, 7) is 5.13. The summed E-state index contributed by atoms with van der Waals surface area (Å²) in [5.41, 5.74) is 0.232. The molecule has 5 rings (SSSR count). The number of likely N-dealkylation sites (tertiary alicyclic amines) is 1. The summed E-state index contributed by atoms with van der Waals surface area (Å²) in [5, 5.41) is 0. The molecule has 3 aliphatic heterocycles. The molecule has 3 aliphatic rings. The molecule has 0 bridgehead atoms. The first-order valence-electron chi connectivity index (χ1n) is 10.2. The maximum atomic E-state index is 13.0. The van der Waals surface area contributed by atoms with Gasteiger partial charge in [-0.05, 0) is 50.1 Å². The molecule has 7 nitrogen and oxygen atoms in total. The Bertz CT molecular complexity index is 980. The van der Waals surface area contributed by atoms with E-state index in [2.05, 4.69) is 0 Å². The molecule has 0 radical (unpaired) electrons. The highest BCUT2D eigenvalue weighted by molar-refractivity contribution is 7.13. The molecule has 4 heterocycles. The molecule has 0 atom stereocenters. The Balaban J connectivity index is 1.23. The van der Waals surface area contributed by atoms with E-state index in [1.807, 2.05) is 28.9 Å². The lowest BCUT2D eigenvalue weighted by atomic mass is 9.89. The number of nitrogens with zero attached hydrogens (tertiary/aromatic N) is 2. The number of carbonyl (C=O) groups excluding carboxylic acids is 2. The first kappa shape index (κ1) is 19.4. The van der Waals surface area contributed by atoms with Gasteiger partial charge in [-0.2, -0.15) is 0 Å². The average molecular weight is 429 g/mol. The zero-order chi connectivity index (χ0) is 20.7. The van der Waals surface area contributed by atoms with Crippen molar-refractivity contribution in [3.63, 3.8) is 0 Å². The van der Waals surface area contributed by atoms with Crippen molar-refractivity contribution in [2.75, 3.05) is 39.6 Å². The Morgan fingerprint density at radius 1 is 0.967 bits per heavy atom. The predicted octanol–water partition coefficient (Wildman–Crippen LogP) is 2.93. The van der Waals surface area contributed by atoms with Crippen molar-refractivity contribution in [3.05, 3.63) is 45.6 Å². The highest BCUT2D eigenvalue weighted by Gasteiger charge is 2.42. The third-order valence-corrected chi connectivity index (χ3v) is 7.06. The zero-order valence-electron chi connectivity index (χ0n) is 16.9. The summed E-state index contributed by atoms with van der Waals surface area (Å²) in [4.78, 5) is 31.5. The Morgan fingerprint density at radius 3 is 2.53 bits per heavy atom. The number of rotatable bonds is 2. The SMILES string of the molecule is Cc1ccc(C(=O)N2CCOC3(CCN(C(=O)c4ccc5c(c4)OCO5)CC3)C2)s1. The van der Waals surface area contributed by atoms with E-state index in [0.29, 0.717) is 49.8 Å². The molecule has 2 fully saturated rings. The molecule has 2 aromatic rings. The fourth-order valence-electron chi connectivity index (χ4n) is 4.36. The quantitative estimate of drug-likeness (QED) is 0.736. The lowest BCUT2D eigenvalue weighted by Crippen LogP contribution is -2.58. The number of ether oxygens (including phenoxy) is 3. The van der Waals surface area contributed by atoms with Crippen LogP contribution in [0.25, 0.3) is 0 Å². The van der Waals surface area contributed by atoms with Gasteiger partial charge in [-0.15, -0.1) is 11.3 Å². The summed E-state index contributed by atoms with van der Waals surface area (Å²) in [7, 11) is 0. The molecule has 0 N–H and O–H groups in total. The van der Waals surface area contributed by atoms with Crippen LogP contribution in [-0.4, -0.2) is 66.8 Å². The third-order valence-electron chi connectivity index (χ3n) is 6.07. The van der Waals surface area contributed by atoms with Crippen molar-refractivity contribution in [2.45, 2.75) is 25.4 Å². The Morgan fingerprint density at radius 2 is 1.77 bits per heavy atom. The third kappa shape index (κ3) is 3.54.